The van der Waals surface area contributed by atoms with Crippen molar-refractivity contribution < 1.29 is 13.5 Å². The highest BCUT2D eigenvalue weighted by Crippen LogP contribution is 2.19. The number of ether oxygens (including phenoxy) is 1. The van der Waals surface area contributed by atoms with Gasteiger partial charge in [0, 0.05) is 6.07 Å². The van der Waals surface area contributed by atoms with Crippen LogP contribution in [0.1, 0.15) is 11.1 Å². The molecule has 0 bridgehead atoms. The normalized spacial score (nSPS) is 10.8. The molecular formula is C20H16F2N2O. The summed E-state index contributed by atoms with van der Waals surface area (Å²) in [6.07, 6.45) is 1.68. The third-order valence-electron chi connectivity index (χ3n) is 3.42. The summed E-state index contributed by atoms with van der Waals surface area (Å²) in [6, 6.07) is 20.2. The molecular weight excluding hydrogens is 322 g/mol. The van der Waals surface area contributed by atoms with Crippen LogP contribution in [0.3, 0.4) is 0 Å². The lowest BCUT2D eigenvalue weighted by Crippen LogP contribution is -1.99. The van der Waals surface area contributed by atoms with E-state index in [9.17, 15) is 8.78 Å². The van der Waals surface area contributed by atoms with E-state index in [0.29, 0.717) is 0 Å². The van der Waals surface area contributed by atoms with Gasteiger partial charge >= 0.3 is 0 Å². The summed E-state index contributed by atoms with van der Waals surface area (Å²) in [4.78, 5) is 0. The molecule has 0 unspecified atom stereocenters. The lowest BCUT2D eigenvalue weighted by Gasteiger charge is -2.08. The number of rotatable bonds is 6. The Morgan fingerprint density at radius 1 is 0.920 bits per heavy atom. The number of hydrogen-bond donors (Lipinski definition) is 1. The monoisotopic (exact) mass is 338 g/mol. The summed E-state index contributed by atoms with van der Waals surface area (Å²) in [5, 5.41) is 4.17. The molecule has 0 spiro atoms. The van der Waals surface area contributed by atoms with Gasteiger partial charge in [-0.1, -0.05) is 36.4 Å². The predicted molar refractivity (Wildman–Crippen MR) is 94.8 cm³/mol. The van der Waals surface area contributed by atoms with Gasteiger partial charge in [-0.05, 0) is 41.5 Å². The maximum absolute atomic E-state index is 13.6. The van der Waals surface area contributed by atoms with Crippen molar-refractivity contribution in [1.29, 1.82) is 0 Å². The highest BCUT2D eigenvalue weighted by molar-refractivity contribution is 5.80. The van der Waals surface area contributed by atoms with Crippen LogP contribution in [0, 0.1) is 11.6 Å². The van der Waals surface area contributed by atoms with Crippen molar-refractivity contribution in [3.05, 3.63) is 95.6 Å². The van der Waals surface area contributed by atoms with E-state index < -0.39 is 11.6 Å². The minimum absolute atomic E-state index is 0.107. The zero-order valence-corrected chi connectivity index (χ0v) is 13.3. The van der Waals surface area contributed by atoms with Crippen LogP contribution in [0.15, 0.2) is 77.9 Å². The fraction of sp³-hybridized carbons (Fsp3) is 0.0500. The summed E-state index contributed by atoms with van der Waals surface area (Å²) in [5.74, 6) is -1.24. The molecule has 0 amide bonds. The summed E-state index contributed by atoms with van der Waals surface area (Å²) in [6.45, 7) is 0.133. The van der Waals surface area contributed by atoms with Gasteiger partial charge < -0.3 is 4.74 Å². The molecule has 3 nitrogen and oxygen atoms in total. The first-order chi connectivity index (χ1) is 12.2. The van der Waals surface area contributed by atoms with Gasteiger partial charge in [-0.25, -0.2) is 8.78 Å². The molecule has 0 fully saturated rings. The van der Waals surface area contributed by atoms with Crippen molar-refractivity contribution >= 4 is 11.9 Å². The van der Waals surface area contributed by atoms with Crippen LogP contribution in [0.25, 0.3) is 0 Å². The number of anilines is 1. The Bertz CT molecular complexity index is 867. The van der Waals surface area contributed by atoms with E-state index in [0.717, 1.165) is 35.0 Å². The van der Waals surface area contributed by atoms with Crippen LogP contribution in [0.4, 0.5) is 14.5 Å². The van der Waals surface area contributed by atoms with E-state index in [1.165, 1.54) is 0 Å². The lowest BCUT2D eigenvalue weighted by atomic mass is 10.1. The quantitative estimate of drug-likeness (QED) is 0.507. The maximum Gasteiger partial charge on any atom is 0.165 e. The second-order valence-electron chi connectivity index (χ2n) is 5.34. The minimum Gasteiger partial charge on any atom is -0.486 e. The molecule has 0 saturated carbocycles. The molecule has 25 heavy (non-hydrogen) atoms. The Kier molecular flexibility index (Phi) is 5.36. The third kappa shape index (κ3) is 4.88. The summed E-state index contributed by atoms with van der Waals surface area (Å²) in [7, 11) is 0. The van der Waals surface area contributed by atoms with Crippen LogP contribution < -0.4 is 10.2 Å². The summed E-state index contributed by atoms with van der Waals surface area (Å²) < 4.78 is 32.1. The maximum atomic E-state index is 13.6. The predicted octanol–water partition coefficient (Wildman–Crippen LogP) is 4.99. The molecule has 3 rings (SSSR count). The van der Waals surface area contributed by atoms with Crippen LogP contribution in [0.2, 0.25) is 0 Å². The lowest BCUT2D eigenvalue weighted by molar-refractivity contribution is 0.288. The topological polar surface area (TPSA) is 33.6 Å². The Labute approximate surface area is 144 Å². The van der Waals surface area contributed by atoms with Gasteiger partial charge in [-0.2, -0.15) is 5.10 Å². The number of hydrazone groups is 1. The third-order valence-corrected chi connectivity index (χ3v) is 3.42. The molecule has 0 aliphatic heterocycles. The molecule has 0 atom stereocenters. The Morgan fingerprint density at radius 2 is 1.76 bits per heavy atom. The van der Waals surface area contributed by atoms with Gasteiger partial charge in [0.2, 0.25) is 0 Å². The van der Waals surface area contributed by atoms with Gasteiger partial charge in [0.1, 0.15) is 12.4 Å². The highest BCUT2D eigenvalue weighted by atomic mass is 19.1. The Balaban J connectivity index is 1.62. The number of para-hydroxylation sites is 1. The van der Waals surface area contributed by atoms with Crippen molar-refractivity contribution in [2.45, 2.75) is 6.61 Å². The Hall–Kier alpha value is -3.21. The summed E-state index contributed by atoms with van der Waals surface area (Å²) in [5.41, 5.74) is 5.51. The van der Waals surface area contributed by atoms with Crippen LogP contribution in [-0.2, 0) is 6.61 Å². The van der Waals surface area contributed by atoms with E-state index >= 15 is 0 Å². The van der Waals surface area contributed by atoms with Crippen molar-refractivity contribution in [2.24, 2.45) is 5.10 Å². The second-order valence-corrected chi connectivity index (χ2v) is 5.34. The first-order valence-corrected chi connectivity index (χ1v) is 7.71. The van der Waals surface area contributed by atoms with Gasteiger partial charge in [-0.15, -0.1) is 0 Å². The average Bonchev–Trinajstić information content (AvgIpc) is 2.64. The number of halogens is 2. The fourth-order valence-electron chi connectivity index (χ4n) is 2.21. The van der Waals surface area contributed by atoms with Gasteiger partial charge in [0.15, 0.2) is 11.6 Å². The zero-order valence-electron chi connectivity index (χ0n) is 13.3. The van der Waals surface area contributed by atoms with E-state index in [1.807, 2.05) is 54.6 Å². The zero-order chi connectivity index (χ0) is 17.5. The average molecular weight is 338 g/mol. The molecule has 0 aliphatic rings. The molecule has 5 heteroatoms. The highest BCUT2D eigenvalue weighted by Gasteiger charge is 2.05. The van der Waals surface area contributed by atoms with Crippen molar-refractivity contribution in [1.82, 2.24) is 0 Å². The second kappa shape index (κ2) is 8.06. The van der Waals surface area contributed by atoms with E-state index in [1.54, 1.807) is 6.21 Å². The van der Waals surface area contributed by atoms with Crippen molar-refractivity contribution in [3.8, 4) is 5.75 Å². The van der Waals surface area contributed by atoms with E-state index in [4.69, 9.17) is 4.74 Å². The molecule has 3 aromatic carbocycles. The number of hydrogen-bond acceptors (Lipinski definition) is 3. The van der Waals surface area contributed by atoms with Gasteiger partial charge in [-0.3, -0.25) is 5.43 Å². The SMILES string of the molecule is Fc1ccc(F)c(OCc2cccc(C=NNc3ccccc3)c2)c1. The van der Waals surface area contributed by atoms with Crippen LogP contribution in [0.5, 0.6) is 5.75 Å². The van der Waals surface area contributed by atoms with Crippen LogP contribution in [-0.4, -0.2) is 6.21 Å². The molecule has 3 aromatic rings. The standard InChI is InChI=1S/C20H16F2N2O/c21-17-9-10-19(22)20(12-17)25-14-16-6-4-5-15(11-16)13-23-24-18-7-2-1-3-8-18/h1-13,24H,14H2. The first-order valence-electron chi connectivity index (χ1n) is 7.71. The number of nitrogens with one attached hydrogen (secondary N) is 1. The van der Waals surface area contributed by atoms with E-state index in [-0.39, 0.29) is 12.4 Å². The molecule has 0 radical (unpaired) electrons. The molecule has 0 saturated heterocycles. The number of benzene rings is 3. The van der Waals surface area contributed by atoms with Gasteiger partial charge in [0.05, 0.1) is 11.9 Å². The molecule has 1 N–H and O–H groups in total. The molecule has 0 heterocycles. The molecule has 126 valence electrons. The fourth-order valence-corrected chi connectivity index (χ4v) is 2.21. The van der Waals surface area contributed by atoms with Crippen LogP contribution >= 0.6 is 0 Å². The first kappa shape index (κ1) is 16.6. The van der Waals surface area contributed by atoms with E-state index in [2.05, 4.69) is 10.5 Å². The minimum atomic E-state index is -0.592. The largest absolute Gasteiger partial charge is 0.486 e. The molecule has 0 aliphatic carbocycles. The van der Waals surface area contributed by atoms with Crippen molar-refractivity contribution in [2.75, 3.05) is 5.43 Å². The molecule has 0 aromatic heterocycles. The van der Waals surface area contributed by atoms with Crippen molar-refractivity contribution in [3.63, 3.8) is 0 Å². The summed E-state index contributed by atoms with van der Waals surface area (Å²) >= 11 is 0. The van der Waals surface area contributed by atoms with Gasteiger partial charge in [0.25, 0.3) is 0 Å². The number of nitrogens with zero attached hydrogens (tertiary/aromatic N) is 1. The Morgan fingerprint density at radius 3 is 2.60 bits per heavy atom. The smallest absolute Gasteiger partial charge is 0.165 e.